The highest BCUT2D eigenvalue weighted by Crippen LogP contribution is 2.33. The van der Waals surface area contributed by atoms with E-state index in [1.165, 1.54) is 0 Å². The number of hydrogen-bond acceptors (Lipinski definition) is 3. The van der Waals surface area contributed by atoms with Gasteiger partial charge in [0.1, 0.15) is 5.75 Å². The summed E-state index contributed by atoms with van der Waals surface area (Å²) in [4.78, 5) is 27.4. The number of aryl methyl sites for hydroxylation is 1. The van der Waals surface area contributed by atoms with Crippen molar-refractivity contribution in [2.75, 3.05) is 12.4 Å². The van der Waals surface area contributed by atoms with Crippen LogP contribution in [-0.2, 0) is 11.3 Å². The lowest BCUT2D eigenvalue weighted by Crippen LogP contribution is -2.40. The molecule has 5 nitrogen and oxygen atoms in total. The highest BCUT2D eigenvalue weighted by Gasteiger charge is 2.36. The second kappa shape index (κ2) is 7.66. The molecule has 1 fully saturated rings. The number of amides is 2. The van der Waals surface area contributed by atoms with Crippen LogP contribution in [0.1, 0.15) is 47.2 Å². The summed E-state index contributed by atoms with van der Waals surface area (Å²) in [6, 6.07) is 13.8. The zero-order chi connectivity index (χ0) is 19.7. The zero-order valence-electron chi connectivity index (χ0n) is 16.4. The molecule has 28 heavy (non-hydrogen) atoms. The lowest BCUT2D eigenvalue weighted by Gasteiger charge is -2.34. The number of ether oxygens (including phenoxy) is 1. The normalized spacial score (nSPS) is 21.4. The maximum absolute atomic E-state index is 12.7. The predicted octanol–water partition coefficient (Wildman–Crippen LogP) is 4.16. The van der Waals surface area contributed by atoms with Gasteiger partial charge in [-0.15, -0.1) is 0 Å². The van der Waals surface area contributed by atoms with Crippen molar-refractivity contribution in [1.29, 1.82) is 0 Å². The molecule has 0 bridgehead atoms. The molecular weight excluding hydrogens is 352 g/mol. The third kappa shape index (κ3) is 3.49. The maximum atomic E-state index is 12.7. The minimum atomic E-state index is -0.0105. The Hall–Kier alpha value is -2.82. The molecule has 1 aliphatic heterocycles. The fourth-order valence-electron chi connectivity index (χ4n) is 4.36. The first-order valence-corrected chi connectivity index (χ1v) is 9.91. The molecule has 2 amide bonds. The number of carbonyl (C=O) groups is 2. The second-order valence-corrected chi connectivity index (χ2v) is 7.77. The van der Waals surface area contributed by atoms with Crippen LogP contribution >= 0.6 is 0 Å². The molecule has 0 unspecified atom stereocenters. The highest BCUT2D eigenvalue weighted by atomic mass is 16.5. The number of rotatable bonds is 4. The van der Waals surface area contributed by atoms with Gasteiger partial charge in [-0.25, -0.2) is 0 Å². The van der Waals surface area contributed by atoms with Crippen molar-refractivity contribution in [3.05, 3.63) is 59.2 Å². The van der Waals surface area contributed by atoms with Crippen molar-refractivity contribution in [2.45, 2.75) is 45.2 Å². The molecular formula is C23H26N2O3. The number of hydrogen-bond donors (Lipinski definition) is 1. The van der Waals surface area contributed by atoms with E-state index < -0.39 is 0 Å². The first kappa shape index (κ1) is 18.5. The van der Waals surface area contributed by atoms with Crippen molar-refractivity contribution < 1.29 is 14.3 Å². The van der Waals surface area contributed by atoms with Gasteiger partial charge in [0.15, 0.2) is 0 Å². The van der Waals surface area contributed by atoms with E-state index in [1.54, 1.807) is 7.11 Å². The number of nitrogens with zero attached hydrogens (tertiary/aromatic N) is 1. The molecule has 4 rings (SSSR count). The van der Waals surface area contributed by atoms with Crippen LogP contribution in [0.25, 0.3) is 0 Å². The summed E-state index contributed by atoms with van der Waals surface area (Å²) in [6.45, 7) is 2.67. The Bertz CT molecular complexity index is 900. The Morgan fingerprint density at radius 2 is 1.86 bits per heavy atom. The van der Waals surface area contributed by atoms with Gasteiger partial charge in [0.05, 0.1) is 7.11 Å². The van der Waals surface area contributed by atoms with E-state index in [-0.39, 0.29) is 23.8 Å². The number of fused-ring (bicyclic) bond motifs is 1. The van der Waals surface area contributed by atoms with Crippen molar-refractivity contribution in [2.24, 2.45) is 5.92 Å². The Balaban J connectivity index is 1.34. The third-order valence-electron chi connectivity index (χ3n) is 6.03. The molecule has 1 aliphatic carbocycles. The Morgan fingerprint density at radius 3 is 2.57 bits per heavy atom. The van der Waals surface area contributed by atoms with Crippen molar-refractivity contribution in [1.82, 2.24) is 4.90 Å². The number of anilines is 1. The number of carbonyl (C=O) groups excluding carboxylic acids is 2. The maximum Gasteiger partial charge on any atom is 0.254 e. The van der Waals surface area contributed by atoms with Crippen LogP contribution in [-0.4, -0.2) is 29.9 Å². The lowest BCUT2D eigenvalue weighted by atomic mass is 9.84. The van der Waals surface area contributed by atoms with Gasteiger partial charge in [-0.3, -0.25) is 9.59 Å². The molecule has 1 N–H and O–H groups in total. The van der Waals surface area contributed by atoms with Gasteiger partial charge in [0.2, 0.25) is 5.91 Å². The molecule has 0 aromatic heterocycles. The first-order valence-electron chi connectivity index (χ1n) is 9.91. The molecule has 0 saturated heterocycles. The summed E-state index contributed by atoms with van der Waals surface area (Å²) in [7, 11) is 1.63. The Labute approximate surface area is 165 Å². The molecule has 2 aliphatic rings. The van der Waals surface area contributed by atoms with E-state index in [1.807, 2.05) is 54.3 Å². The van der Waals surface area contributed by atoms with E-state index in [4.69, 9.17) is 4.74 Å². The van der Waals surface area contributed by atoms with Crippen LogP contribution in [0.3, 0.4) is 0 Å². The highest BCUT2D eigenvalue weighted by molar-refractivity contribution is 5.98. The SMILES string of the molecule is COc1cc(NC(=O)C2CCC(N3Cc4ccccc4C3=O)CC2)ccc1C. The standard InChI is InChI=1S/C23H26N2O3/c1-15-7-10-18(13-21(15)28-2)24-22(26)16-8-11-19(12-9-16)25-14-17-5-3-4-6-20(17)23(25)27/h3-7,10,13,16,19H,8-9,11-12,14H2,1-2H3,(H,24,26). The fourth-order valence-corrected chi connectivity index (χ4v) is 4.36. The molecule has 2 aromatic carbocycles. The number of methoxy groups -OCH3 is 1. The van der Waals surface area contributed by atoms with E-state index in [9.17, 15) is 9.59 Å². The van der Waals surface area contributed by atoms with Crippen molar-refractivity contribution >= 4 is 17.5 Å². The lowest BCUT2D eigenvalue weighted by molar-refractivity contribution is -0.121. The molecule has 0 atom stereocenters. The van der Waals surface area contributed by atoms with Gasteiger partial charge in [0.25, 0.3) is 5.91 Å². The van der Waals surface area contributed by atoms with Crippen LogP contribution in [0.2, 0.25) is 0 Å². The van der Waals surface area contributed by atoms with Gasteiger partial charge < -0.3 is 15.0 Å². The first-order chi connectivity index (χ1) is 13.6. The van der Waals surface area contributed by atoms with Crippen LogP contribution in [0.15, 0.2) is 42.5 Å². The molecule has 0 spiro atoms. The Morgan fingerprint density at radius 1 is 1.11 bits per heavy atom. The fraction of sp³-hybridized carbons (Fsp3) is 0.391. The quantitative estimate of drug-likeness (QED) is 0.869. The average molecular weight is 378 g/mol. The van der Waals surface area contributed by atoms with E-state index >= 15 is 0 Å². The minimum absolute atomic E-state index is 0.0105. The average Bonchev–Trinajstić information content (AvgIpc) is 3.06. The molecule has 1 saturated carbocycles. The summed E-state index contributed by atoms with van der Waals surface area (Å²) in [5.41, 5.74) is 3.74. The molecule has 2 aromatic rings. The Kier molecular flexibility index (Phi) is 5.07. The second-order valence-electron chi connectivity index (χ2n) is 7.77. The van der Waals surface area contributed by atoms with Crippen LogP contribution < -0.4 is 10.1 Å². The number of nitrogens with one attached hydrogen (secondary N) is 1. The third-order valence-corrected chi connectivity index (χ3v) is 6.03. The van der Waals surface area contributed by atoms with Gasteiger partial charge in [0, 0.05) is 35.8 Å². The molecule has 0 radical (unpaired) electrons. The summed E-state index contributed by atoms with van der Waals surface area (Å²) < 4.78 is 5.33. The molecule has 1 heterocycles. The largest absolute Gasteiger partial charge is 0.496 e. The van der Waals surface area contributed by atoms with E-state index in [2.05, 4.69) is 5.32 Å². The summed E-state index contributed by atoms with van der Waals surface area (Å²) in [6.07, 6.45) is 3.35. The van der Waals surface area contributed by atoms with Crippen LogP contribution in [0, 0.1) is 12.8 Å². The van der Waals surface area contributed by atoms with Gasteiger partial charge in [-0.2, -0.15) is 0 Å². The minimum Gasteiger partial charge on any atom is -0.496 e. The molecule has 5 heteroatoms. The van der Waals surface area contributed by atoms with Crippen molar-refractivity contribution in [3.63, 3.8) is 0 Å². The monoisotopic (exact) mass is 378 g/mol. The van der Waals surface area contributed by atoms with Crippen molar-refractivity contribution in [3.8, 4) is 5.75 Å². The van der Waals surface area contributed by atoms with E-state index in [0.717, 1.165) is 53.8 Å². The smallest absolute Gasteiger partial charge is 0.254 e. The predicted molar refractivity (Wildman–Crippen MR) is 108 cm³/mol. The summed E-state index contributed by atoms with van der Waals surface area (Å²) >= 11 is 0. The summed E-state index contributed by atoms with van der Waals surface area (Å²) in [5, 5.41) is 3.02. The summed E-state index contributed by atoms with van der Waals surface area (Å²) in [5.74, 6) is 0.952. The number of benzene rings is 2. The van der Waals surface area contributed by atoms with E-state index in [0.29, 0.717) is 6.54 Å². The van der Waals surface area contributed by atoms with Gasteiger partial charge in [-0.1, -0.05) is 24.3 Å². The molecule has 146 valence electrons. The van der Waals surface area contributed by atoms with Gasteiger partial charge in [-0.05, 0) is 55.9 Å². The van der Waals surface area contributed by atoms with Gasteiger partial charge >= 0.3 is 0 Å². The van der Waals surface area contributed by atoms with Crippen LogP contribution in [0.4, 0.5) is 5.69 Å². The van der Waals surface area contributed by atoms with Crippen LogP contribution in [0.5, 0.6) is 5.75 Å². The zero-order valence-corrected chi connectivity index (χ0v) is 16.4. The topological polar surface area (TPSA) is 58.6 Å².